The van der Waals surface area contributed by atoms with Gasteiger partial charge in [-0.2, -0.15) is 0 Å². The van der Waals surface area contributed by atoms with Gasteiger partial charge in [0.05, 0.1) is 0 Å². The van der Waals surface area contributed by atoms with Gasteiger partial charge in [0.25, 0.3) is 0 Å². The summed E-state index contributed by atoms with van der Waals surface area (Å²) in [6.45, 7) is 2.11. The zero-order valence-corrected chi connectivity index (χ0v) is 6.25. The van der Waals surface area contributed by atoms with Gasteiger partial charge in [-0.3, -0.25) is 0 Å². The number of hydrogen-bond acceptors (Lipinski definition) is 2. The molecule has 2 atom stereocenters. The zero-order valence-electron chi connectivity index (χ0n) is 6.25. The fourth-order valence-corrected chi connectivity index (χ4v) is 1.12. The van der Waals surface area contributed by atoms with Crippen molar-refractivity contribution < 1.29 is 10.2 Å². The predicted molar refractivity (Wildman–Crippen MR) is 39.6 cm³/mol. The number of aliphatic hydroxyl groups excluding tert-OH is 2. The topological polar surface area (TPSA) is 40.5 Å². The lowest BCUT2D eigenvalue weighted by Gasteiger charge is -2.27. The van der Waals surface area contributed by atoms with Crippen LogP contribution in [-0.4, -0.2) is 22.4 Å². The Kier molecular flexibility index (Phi) is 2.46. The quantitative estimate of drug-likeness (QED) is 0.573. The Morgan fingerprint density at radius 2 is 2.20 bits per heavy atom. The van der Waals surface area contributed by atoms with Crippen LogP contribution in [0.15, 0.2) is 11.6 Å². The first-order valence-corrected chi connectivity index (χ1v) is 3.82. The summed E-state index contributed by atoms with van der Waals surface area (Å²) in [6.07, 6.45) is 3.77. The van der Waals surface area contributed by atoms with Crippen molar-refractivity contribution in [3.05, 3.63) is 11.6 Å². The smallest absolute Gasteiger partial charge is 0.105 e. The first kappa shape index (κ1) is 7.76. The van der Waals surface area contributed by atoms with Crippen LogP contribution in [0.25, 0.3) is 0 Å². The average Bonchev–Trinajstić information content (AvgIpc) is 1.97. The summed E-state index contributed by atoms with van der Waals surface area (Å²) in [7, 11) is 0. The molecule has 2 nitrogen and oxygen atoms in total. The highest BCUT2D eigenvalue weighted by atomic mass is 16.3. The van der Waals surface area contributed by atoms with Crippen LogP contribution in [0.4, 0.5) is 0 Å². The molecule has 1 aliphatic rings. The second-order valence-corrected chi connectivity index (χ2v) is 2.78. The summed E-state index contributed by atoms with van der Waals surface area (Å²) in [4.78, 5) is 0. The van der Waals surface area contributed by atoms with Crippen LogP contribution in [-0.2, 0) is 0 Å². The largest absolute Gasteiger partial charge is 0.386 e. The summed E-state index contributed by atoms with van der Waals surface area (Å²) in [5.41, 5.74) is 1.01. The van der Waals surface area contributed by atoms with Crippen LogP contribution in [0, 0.1) is 0 Å². The summed E-state index contributed by atoms with van der Waals surface area (Å²) < 4.78 is 0. The molecule has 0 radical (unpaired) electrons. The molecule has 0 heterocycles. The fraction of sp³-hybridized carbons (Fsp3) is 0.750. The Bertz CT molecular complexity index is 140. The van der Waals surface area contributed by atoms with Gasteiger partial charge in [0, 0.05) is 0 Å². The Hall–Kier alpha value is -0.340. The average molecular weight is 142 g/mol. The van der Waals surface area contributed by atoms with E-state index in [2.05, 4.69) is 6.92 Å². The molecule has 0 aromatic rings. The van der Waals surface area contributed by atoms with E-state index in [9.17, 15) is 0 Å². The van der Waals surface area contributed by atoms with Gasteiger partial charge < -0.3 is 10.2 Å². The Labute approximate surface area is 61.2 Å². The van der Waals surface area contributed by atoms with Crippen LogP contribution >= 0.6 is 0 Å². The van der Waals surface area contributed by atoms with E-state index in [4.69, 9.17) is 10.2 Å². The molecular weight excluding hydrogens is 128 g/mol. The van der Waals surface area contributed by atoms with Crippen molar-refractivity contribution in [3.63, 3.8) is 0 Å². The van der Waals surface area contributed by atoms with Crippen molar-refractivity contribution in [1.29, 1.82) is 0 Å². The van der Waals surface area contributed by atoms with Gasteiger partial charge in [0.15, 0.2) is 0 Å². The number of unbranched alkanes of at least 4 members (excludes halogenated alkanes) is 1. The van der Waals surface area contributed by atoms with E-state index in [1.54, 1.807) is 6.08 Å². The van der Waals surface area contributed by atoms with E-state index < -0.39 is 12.2 Å². The zero-order chi connectivity index (χ0) is 7.56. The fourth-order valence-electron chi connectivity index (χ4n) is 1.12. The van der Waals surface area contributed by atoms with Gasteiger partial charge in [-0.15, -0.1) is 0 Å². The molecule has 1 rings (SSSR count). The number of hydrogen-bond donors (Lipinski definition) is 2. The van der Waals surface area contributed by atoms with E-state index >= 15 is 0 Å². The highest BCUT2D eigenvalue weighted by molar-refractivity contribution is 5.24. The lowest BCUT2D eigenvalue weighted by atomic mass is 9.88. The second kappa shape index (κ2) is 3.17. The summed E-state index contributed by atoms with van der Waals surface area (Å²) >= 11 is 0. The molecule has 2 unspecified atom stereocenters. The van der Waals surface area contributed by atoms with Crippen molar-refractivity contribution in [2.45, 2.75) is 38.4 Å². The SMILES string of the molecule is CCCCC1=CC(O)C1O. The predicted octanol–water partition coefficient (Wildman–Crippen LogP) is 0.838. The van der Waals surface area contributed by atoms with E-state index in [1.807, 2.05) is 0 Å². The van der Waals surface area contributed by atoms with Crippen LogP contribution in [0.2, 0.25) is 0 Å². The molecule has 2 heteroatoms. The van der Waals surface area contributed by atoms with Gasteiger partial charge in [0.1, 0.15) is 12.2 Å². The second-order valence-electron chi connectivity index (χ2n) is 2.78. The monoisotopic (exact) mass is 142 g/mol. The molecule has 58 valence electrons. The standard InChI is InChI=1S/C8H14O2/c1-2-3-4-6-5-7(9)8(6)10/h5,7-10H,2-4H2,1H3. The van der Waals surface area contributed by atoms with Crippen molar-refractivity contribution in [1.82, 2.24) is 0 Å². The molecule has 1 aliphatic carbocycles. The highest BCUT2D eigenvalue weighted by Crippen LogP contribution is 2.24. The summed E-state index contributed by atoms with van der Waals surface area (Å²) in [6, 6.07) is 0. The van der Waals surface area contributed by atoms with Gasteiger partial charge in [-0.1, -0.05) is 19.4 Å². The maximum atomic E-state index is 9.08. The van der Waals surface area contributed by atoms with Crippen molar-refractivity contribution >= 4 is 0 Å². The molecule has 0 bridgehead atoms. The lowest BCUT2D eigenvalue weighted by Crippen LogP contribution is -2.35. The van der Waals surface area contributed by atoms with E-state index in [1.165, 1.54) is 0 Å². The van der Waals surface area contributed by atoms with Gasteiger partial charge in [-0.05, 0) is 18.4 Å². The number of aliphatic hydroxyl groups is 2. The number of rotatable bonds is 3. The van der Waals surface area contributed by atoms with Crippen LogP contribution < -0.4 is 0 Å². The third-order valence-electron chi connectivity index (χ3n) is 1.91. The highest BCUT2D eigenvalue weighted by Gasteiger charge is 2.27. The third kappa shape index (κ3) is 1.39. The van der Waals surface area contributed by atoms with Crippen molar-refractivity contribution in [2.75, 3.05) is 0 Å². The Balaban J connectivity index is 2.25. The van der Waals surface area contributed by atoms with E-state index in [0.717, 1.165) is 24.8 Å². The van der Waals surface area contributed by atoms with Crippen LogP contribution in [0.5, 0.6) is 0 Å². The van der Waals surface area contributed by atoms with Gasteiger partial charge in [-0.25, -0.2) is 0 Å². The molecule has 0 aliphatic heterocycles. The van der Waals surface area contributed by atoms with Crippen molar-refractivity contribution in [3.8, 4) is 0 Å². The molecule has 0 fully saturated rings. The maximum absolute atomic E-state index is 9.08. The minimum Gasteiger partial charge on any atom is -0.386 e. The summed E-state index contributed by atoms with van der Waals surface area (Å²) in [5.74, 6) is 0. The molecular formula is C8H14O2. The van der Waals surface area contributed by atoms with Crippen molar-refractivity contribution in [2.24, 2.45) is 0 Å². The normalized spacial score (nSPS) is 31.3. The minimum atomic E-state index is -0.591. The summed E-state index contributed by atoms with van der Waals surface area (Å²) in [5, 5.41) is 17.9. The Morgan fingerprint density at radius 1 is 1.50 bits per heavy atom. The first-order valence-electron chi connectivity index (χ1n) is 3.82. The lowest BCUT2D eigenvalue weighted by molar-refractivity contribution is 0.0455. The molecule has 10 heavy (non-hydrogen) atoms. The van der Waals surface area contributed by atoms with Crippen LogP contribution in [0.3, 0.4) is 0 Å². The van der Waals surface area contributed by atoms with E-state index in [-0.39, 0.29) is 0 Å². The molecule has 0 spiro atoms. The minimum absolute atomic E-state index is 0.563. The van der Waals surface area contributed by atoms with Gasteiger partial charge >= 0.3 is 0 Å². The molecule has 0 aromatic heterocycles. The molecule has 2 N–H and O–H groups in total. The first-order chi connectivity index (χ1) is 4.75. The Morgan fingerprint density at radius 3 is 2.60 bits per heavy atom. The molecule has 0 aromatic carbocycles. The molecule has 0 amide bonds. The maximum Gasteiger partial charge on any atom is 0.105 e. The van der Waals surface area contributed by atoms with Crippen LogP contribution in [0.1, 0.15) is 26.2 Å². The third-order valence-corrected chi connectivity index (χ3v) is 1.91. The molecule has 0 saturated heterocycles. The molecule has 0 saturated carbocycles. The van der Waals surface area contributed by atoms with E-state index in [0.29, 0.717) is 0 Å². The van der Waals surface area contributed by atoms with Gasteiger partial charge in [0.2, 0.25) is 0 Å².